The van der Waals surface area contributed by atoms with Crippen molar-refractivity contribution in [2.24, 2.45) is 10.9 Å². The second kappa shape index (κ2) is 9.79. The molecule has 0 atom stereocenters. The Morgan fingerprint density at radius 2 is 2.00 bits per heavy atom. The number of aliphatic imine (C=N–C) groups is 1. The van der Waals surface area contributed by atoms with Gasteiger partial charge in [0.15, 0.2) is 5.96 Å². The molecule has 0 aliphatic heterocycles. The SMILES string of the molecule is CCNC(=NCCc1c[nH]c2cc(F)ccc12)NCCNC(=O)C(C)C. The fourth-order valence-electron chi connectivity index (χ4n) is 2.57. The largest absolute Gasteiger partial charge is 0.361 e. The summed E-state index contributed by atoms with van der Waals surface area (Å²) in [5.41, 5.74) is 1.92. The lowest BCUT2D eigenvalue weighted by Gasteiger charge is -2.12. The number of hydrogen-bond acceptors (Lipinski definition) is 2. The third-order valence-corrected chi connectivity index (χ3v) is 3.97. The lowest BCUT2D eigenvalue weighted by atomic mass is 10.1. The topological polar surface area (TPSA) is 81.3 Å². The number of halogens is 1. The number of benzene rings is 1. The Labute approximate surface area is 153 Å². The second-order valence-corrected chi connectivity index (χ2v) is 6.39. The Bertz CT molecular complexity index is 753. The first-order chi connectivity index (χ1) is 12.5. The number of H-pyrrole nitrogens is 1. The molecule has 0 bridgehead atoms. The summed E-state index contributed by atoms with van der Waals surface area (Å²) in [6.07, 6.45) is 2.66. The maximum atomic E-state index is 13.2. The van der Waals surface area contributed by atoms with Crippen molar-refractivity contribution in [3.05, 3.63) is 35.8 Å². The molecule has 142 valence electrons. The average molecular weight is 361 g/mol. The molecule has 1 aromatic carbocycles. The van der Waals surface area contributed by atoms with E-state index in [1.165, 1.54) is 12.1 Å². The number of rotatable bonds is 8. The summed E-state index contributed by atoms with van der Waals surface area (Å²) in [5.74, 6) is 0.510. The van der Waals surface area contributed by atoms with Gasteiger partial charge in [-0.1, -0.05) is 13.8 Å². The lowest BCUT2D eigenvalue weighted by molar-refractivity contribution is -0.123. The molecule has 1 aromatic heterocycles. The Morgan fingerprint density at radius 3 is 2.73 bits per heavy atom. The lowest BCUT2D eigenvalue weighted by Crippen LogP contribution is -2.42. The van der Waals surface area contributed by atoms with Crippen molar-refractivity contribution in [1.82, 2.24) is 20.9 Å². The fourth-order valence-corrected chi connectivity index (χ4v) is 2.57. The number of hydrogen-bond donors (Lipinski definition) is 4. The van der Waals surface area contributed by atoms with Crippen LogP contribution < -0.4 is 16.0 Å². The summed E-state index contributed by atoms with van der Waals surface area (Å²) in [6.45, 7) is 8.27. The maximum absolute atomic E-state index is 13.2. The van der Waals surface area contributed by atoms with E-state index < -0.39 is 0 Å². The molecule has 0 fully saturated rings. The number of aromatic nitrogens is 1. The monoisotopic (exact) mass is 361 g/mol. The highest BCUT2D eigenvalue weighted by Crippen LogP contribution is 2.19. The van der Waals surface area contributed by atoms with Crippen molar-refractivity contribution < 1.29 is 9.18 Å². The van der Waals surface area contributed by atoms with Crippen LogP contribution in [0.15, 0.2) is 29.4 Å². The zero-order chi connectivity index (χ0) is 18.9. The number of aromatic amines is 1. The van der Waals surface area contributed by atoms with Crippen molar-refractivity contribution in [3.8, 4) is 0 Å². The Kier molecular flexibility index (Phi) is 7.44. The molecule has 0 spiro atoms. The van der Waals surface area contributed by atoms with E-state index in [1.807, 2.05) is 27.0 Å². The maximum Gasteiger partial charge on any atom is 0.222 e. The molecule has 6 nitrogen and oxygen atoms in total. The molecule has 4 N–H and O–H groups in total. The van der Waals surface area contributed by atoms with Crippen molar-refractivity contribution in [1.29, 1.82) is 0 Å². The first-order valence-corrected chi connectivity index (χ1v) is 9.06. The quantitative estimate of drug-likeness (QED) is 0.330. The smallest absolute Gasteiger partial charge is 0.222 e. The van der Waals surface area contributed by atoms with Gasteiger partial charge in [-0.2, -0.15) is 0 Å². The van der Waals surface area contributed by atoms with Crippen LogP contribution in [0.3, 0.4) is 0 Å². The van der Waals surface area contributed by atoms with Crippen LogP contribution in [0.25, 0.3) is 10.9 Å². The number of carbonyl (C=O) groups is 1. The predicted octanol–water partition coefficient (Wildman–Crippen LogP) is 2.18. The molecular weight excluding hydrogens is 333 g/mol. The van der Waals surface area contributed by atoms with Gasteiger partial charge in [-0.15, -0.1) is 0 Å². The normalized spacial score (nSPS) is 11.8. The Morgan fingerprint density at radius 1 is 1.23 bits per heavy atom. The summed E-state index contributed by atoms with van der Waals surface area (Å²) in [6, 6.07) is 4.76. The van der Waals surface area contributed by atoms with Gasteiger partial charge in [0.25, 0.3) is 0 Å². The van der Waals surface area contributed by atoms with E-state index in [9.17, 15) is 9.18 Å². The molecule has 1 heterocycles. The minimum atomic E-state index is -0.243. The first kappa shape index (κ1) is 19.8. The van der Waals surface area contributed by atoms with E-state index in [2.05, 4.69) is 25.9 Å². The van der Waals surface area contributed by atoms with Gasteiger partial charge in [-0.05, 0) is 37.1 Å². The van der Waals surface area contributed by atoms with E-state index in [0.717, 1.165) is 35.4 Å². The van der Waals surface area contributed by atoms with Crippen molar-refractivity contribution in [2.45, 2.75) is 27.2 Å². The molecule has 0 aliphatic rings. The third-order valence-electron chi connectivity index (χ3n) is 3.97. The van der Waals surface area contributed by atoms with Gasteiger partial charge in [0.1, 0.15) is 5.82 Å². The highest BCUT2D eigenvalue weighted by atomic mass is 19.1. The molecule has 0 radical (unpaired) electrons. The number of nitrogens with zero attached hydrogens (tertiary/aromatic N) is 1. The Balaban J connectivity index is 1.84. The molecule has 7 heteroatoms. The third kappa shape index (κ3) is 5.75. The van der Waals surface area contributed by atoms with E-state index in [-0.39, 0.29) is 17.6 Å². The van der Waals surface area contributed by atoms with E-state index in [1.54, 1.807) is 6.07 Å². The summed E-state index contributed by atoms with van der Waals surface area (Å²) in [7, 11) is 0. The van der Waals surface area contributed by atoms with Crippen LogP contribution >= 0.6 is 0 Å². The van der Waals surface area contributed by atoms with Crippen molar-refractivity contribution in [3.63, 3.8) is 0 Å². The average Bonchev–Trinajstić information content (AvgIpc) is 3.00. The zero-order valence-electron chi connectivity index (χ0n) is 15.7. The van der Waals surface area contributed by atoms with Gasteiger partial charge in [0.2, 0.25) is 5.91 Å². The van der Waals surface area contributed by atoms with E-state index >= 15 is 0 Å². The minimum Gasteiger partial charge on any atom is -0.361 e. The number of nitrogens with one attached hydrogen (secondary N) is 4. The van der Waals surface area contributed by atoms with E-state index in [0.29, 0.717) is 19.6 Å². The van der Waals surface area contributed by atoms with Gasteiger partial charge in [0.05, 0.1) is 0 Å². The molecule has 0 saturated carbocycles. The number of amides is 1. The van der Waals surface area contributed by atoms with Gasteiger partial charge in [0, 0.05) is 49.2 Å². The van der Waals surface area contributed by atoms with Crippen LogP contribution in [0.2, 0.25) is 0 Å². The molecule has 1 amide bonds. The second-order valence-electron chi connectivity index (χ2n) is 6.39. The van der Waals surface area contributed by atoms with E-state index in [4.69, 9.17) is 0 Å². The van der Waals surface area contributed by atoms with Crippen LogP contribution in [-0.2, 0) is 11.2 Å². The van der Waals surface area contributed by atoms with Gasteiger partial charge < -0.3 is 20.9 Å². The summed E-state index contributed by atoms with van der Waals surface area (Å²) in [4.78, 5) is 19.2. The zero-order valence-corrected chi connectivity index (χ0v) is 15.7. The summed E-state index contributed by atoms with van der Waals surface area (Å²) < 4.78 is 13.2. The van der Waals surface area contributed by atoms with Gasteiger partial charge >= 0.3 is 0 Å². The van der Waals surface area contributed by atoms with Crippen LogP contribution in [0.5, 0.6) is 0 Å². The molecule has 0 unspecified atom stereocenters. The first-order valence-electron chi connectivity index (χ1n) is 9.06. The van der Waals surface area contributed by atoms with Crippen LogP contribution in [0, 0.1) is 11.7 Å². The standard InChI is InChI=1S/C19H28FN5O/c1-4-21-19(24-10-9-22-18(26)13(2)3)23-8-7-14-12-25-17-11-15(20)5-6-16(14)17/h5-6,11-13,25H,4,7-10H2,1-3H3,(H,22,26)(H2,21,23,24). The minimum absolute atomic E-state index is 0.0125. The molecule has 26 heavy (non-hydrogen) atoms. The van der Waals surface area contributed by atoms with Gasteiger partial charge in [-0.25, -0.2) is 4.39 Å². The van der Waals surface area contributed by atoms with Crippen LogP contribution in [-0.4, -0.2) is 43.0 Å². The predicted molar refractivity (Wildman–Crippen MR) is 104 cm³/mol. The molecule has 2 aromatic rings. The molecule has 0 saturated heterocycles. The number of guanidine groups is 1. The fraction of sp³-hybridized carbons (Fsp3) is 0.474. The van der Waals surface area contributed by atoms with Crippen molar-refractivity contribution in [2.75, 3.05) is 26.2 Å². The van der Waals surface area contributed by atoms with Crippen LogP contribution in [0.1, 0.15) is 26.3 Å². The number of fused-ring (bicyclic) bond motifs is 1. The molecule has 2 rings (SSSR count). The highest BCUT2D eigenvalue weighted by Gasteiger charge is 2.06. The Hall–Kier alpha value is -2.57. The van der Waals surface area contributed by atoms with Crippen molar-refractivity contribution >= 4 is 22.8 Å². The number of carbonyl (C=O) groups excluding carboxylic acids is 1. The molecular formula is C19H28FN5O. The van der Waals surface area contributed by atoms with Crippen LogP contribution in [0.4, 0.5) is 4.39 Å². The molecule has 0 aliphatic carbocycles. The highest BCUT2D eigenvalue weighted by molar-refractivity contribution is 5.83. The van der Waals surface area contributed by atoms with Gasteiger partial charge in [-0.3, -0.25) is 9.79 Å². The summed E-state index contributed by atoms with van der Waals surface area (Å²) in [5, 5.41) is 10.3. The summed E-state index contributed by atoms with van der Waals surface area (Å²) >= 11 is 0.